The smallest absolute Gasteiger partial charge is 0.00129 e. The molecule has 1 aliphatic carbocycles. The highest BCUT2D eigenvalue weighted by Gasteiger charge is 2.21. The minimum absolute atomic E-state index is 0. The van der Waals surface area contributed by atoms with E-state index in [0.29, 0.717) is 0 Å². The molecule has 2 aromatic carbocycles. The van der Waals surface area contributed by atoms with E-state index in [2.05, 4.69) is 73.6 Å². The van der Waals surface area contributed by atoms with Crippen LogP contribution in [0.2, 0.25) is 0 Å². The minimum atomic E-state index is 0. The van der Waals surface area contributed by atoms with Crippen molar-refractivity contribution in [2.45, 2.75) is 12.8 Å². The second-order valence-corrected chi connectivity index (χ2v) is 5.73. The Morgan fingerprint density at radius 2 is 1.57 bits per heavy atom. The van der Waals surface area contributed by atoms with Crippen LogP contribution in [-0.2, 0) is 6.42 Å². The van der Waals surface area contributed by atoms with Crippen LogP contribution in [0.15, 0.2) is 60.2 Å². The predicted molar refractivity (Wildman–Crippen MR) is 93.0 cm³/mol. The molecule has 0 saturated carbocycles. The van der Waals surface area contributed by atoms with E-state index in [0.717, 1.165) is 19.4 Å². The van der Waals surface area contributed by atoms with Gasteiger partial charge in [-0.25, -0.2) is 0 Å². The molecule has 0 amide bonds. The van der Waals surface area contributed by atoms with Crippen LogP contribution in [0, 0.1) is 0 Å². The number of hydrogen-bond donors (Lipinski definition) is 0. The number of fused-ring (bicyclic) bond motifs is 1. The first-order valence-corrected chi connectivity index (χ1v) is 7.26. The summed E-state index contributed by atoms with van der Waals surface area (Å²) in [4.78, 5) is 2.26. The summed E-state index contributed by atoms with van der Waals surface area (Å²) in [6.07, 6.45) is 2.25. The molecule has 0 fully saturated rings. The Kier molecular flexibility index (Phi) is 5.22. The molecule has 0 unspecified atom stereocenters. The Labute approximate surface area is 133 Å². The number of hydrogen-bond acceptors (Lipinski definition) is 1. The first-order valence-electron chi connectivity index (χ1n) is 7.26. The molecule has 2 heteroatoms. The van der Waals surface area contributed by atoms with E-state index >= 15 is 0 Å². The van der Waals surface area contributed by atoms with Gasteiger partial charge in [-0.3, -0.25) is 0 Å². The summed E-state index contributed by atoms with van der Waals surface area (Å²) in [6.45, 7) is 1.11. The highest BCUT2D eigenvalue weighted by atomic mass is 35.5. The van der Waals surface area contributed by atoms with Crippen molar-refractivity contribution in [1.29, 1.82) is 0 Å². The zero-order chi connectivity index (χ0) is 13.9. The summed E-state index contributed by atoms with van der Waals surface area (Å²) in [6, 6.07) is 19.6. The summed E-state index contributed by atoms with van der Waals surface area (Å²) in [5.41, 5.74) is 7.29. The van der Waals surface area contributed by atoms with Gasteiger partial charge in [0, 0.05) is 6.54 Å². The minimum Gasteiger partial charge on any atom is -0.309 e. The van der Waals surface area contributed by atoms with Crippen LogP contribution in [0.5, 0.6) is 0 Å². The lowest BCUT2D eigenvalue weighted by atomic mass is 9.96. The monoisotopic (exact) mass is 299 g/mol. The van der Waals surface area contributed by atoms with E-state index in [1.165, 1.54) is 22.3 Å². The Hall–Kier alpha value is -1.57. The fourth-order valence-corrected chi connectivity index (χ4v) is 2.96. The zero-order valence-corrected chi connectivity index (χ0v) is 13.5. The summed E-state index contributed by atoms with van der Waals surface area (Å²) in [7, 11) is 4.29. The van der Waals surface area contributed by atoms with Gasteiger partial charge in [0.2, 0.25) is 0 Å². The van der Waals surface area contributed by atoms with Crippen molar-refractivity contribution in [3.8, 4) is 0 Å². The van der Waals surface area contributed by atoms with Crippen molar-refractivity contribution < 1.29 is 0 Å². The largest absolute Gasteiger partial charge is 0.309 e. The van der Waals surface area contributed by atoms with Crippen molar-refractivity contribution in [1.82, 2.24) is 4.90 Å². The fourth-order valence-electron chi connectivity index (χ4n) is 2.96. The third-order valence-corrected chi connectivity index (χ3v) is 3.97. The van der Waals surface area contributed by atoms with Gasteiger partial charge in [0.15, 0.2) is 0 Å². The van der Waals surface area contributed by atoms with Crippen LogP contribution < -0.4 is 0 Å². The second-order valence-electron chi connectivity index (χ2n) is 5.73. The molecule has 0 spiro atoms. The highest BCUT2D eigenvalue weighted by Crippen LogP contribution is 2.38. The molecular formula is C19H22ClN. The molecule has 0 atom stereocenters. The quantitative estimate of drug-likeness (QED) is 0.808. The topological polar surface area (TPSA) is 3.24 Å². The van der Waals surface area contributed by atoms with Gasteiger partial charge in [0.05, 0.1) is 0 Å². The van der Waals surface area contributed by atoms with Gasteiger partial charge in [-0.15, -0.1) is 12.4 Å². The molecule has 21 heavy (non-hydrogen) atoms. The molecule has 0 heterocycles. The van der Waals surface area contributed by atoms with Crippen molar-refractivity contribution in [2.24, 2.45) is 0 Å². The summed E-state index contributed by atoms with van der Waals surface area (Å²) < 4.78 is 0. The Balaban J connectivity index is 0.00000161. The van der Waals surface area contributed by atoms with Gasteiger partial charge in [0.25, 0.3) is 0 Å². The Morgan fingerprint density at radius 3 is 2.29 bits per heavy atom. The van der Waals surface area contributed by atoms with E-state index in [-0.39, 0.29) is 12.4 Å². The number of nitrogens with zero attached hydrogens (tertiary/aromatic N) is 1. The van der Waals surface area contributed by atoms with Crippen molar-refractivity contribution in [3.63, 3.8) is 0 Å². The van der Waals surface area contributed by atoms with E-state index < -0.39 is 0 Å². The van der Waals surface area contributed by atoms with Crippen LogP contribution in [0.3, 0.4) is 0 Å². The van der Waals surface area contributed by atoms with Gasteiger partial charge in [-0.2, -0.15) is 0 Å². The molecule has 0 saturated heterocycles. The van der Waals surface area contributed by atoms with Crippen LogP contribution in [-0.4, -0.2) is 25.5 Å². The maximum atomic E-state index is 2.26. The van der Waals surface area contributed by atoms with Crippen LogP contribution >= 0.6 is 12.4 Å². The van der Waals surface area contributed by atoms with Crippen LogP contribution in [0.4, 0.5) is 0 Å². The fraction of sp³-hybridized carbons (Fsp3) is 0.263. The number of halogens is 1. The van der Waals surface area contributed by atoms with Crippen molar-refractivity contribution in [3.05, 3.63) is 76.9 Å². The van der Waals surface area contributed by atoms with Gasteiger partial charge in [-0.05, 0) is 49.2 Å². The zero-order valence-electron chi connectivity index (χ0n) is 12.7. The number of rotatable bonds is 4. The molecule has 0 bridgehead atoms. The van der Waals surface area contributed by atoms with Crippen molar-refractivity contribution >= 4 is 18.0 Å². The Morgan fingerprint density at radius 1 is 0.905 bits per heavy atom. The predicted octanol–water partition coefficient (Wildman–Crippen LogP) is 4.42. The molecule has 110 valence electrons. The summed E-state index contributed by atoms with van der Waals surface area (Å²) in [5.74, 6) is 0. The standard InChI is InChI=1S/C19H21N.ClH/c1-20(2)13-12-17-14-16-10-6-7-11-18(16)19(17)15-8-4-3-5-9-15;/h3-11H,12-14H2,1-2H3;1H. The highest BCUT2D eigenvalue weighted by molar-refractivity contribution is 5.87. The van der Waals surface area contributed by atoms with E-state index in [1.54, 1.807) is 5.57 Å². The van der Waals surface area contributed by atoms with E-state index in [1.807, 2.05) is 0 Å². The van der Waals surface area contributed by atoms with Crippen LogP contribution in [0.1, 0.15) is 23.1 Å². The molecule has 0 aliphatic heterocycles. The maximum Gasteiger partial charge on any atom is 0.00129 e. The Bertz CT molecular complexity index is 629. The average Bonchev–Trinajstić information content (AvgIpc) is 2.84. The second kappa shape index (κ2) is 6.93. The van der Waals surface area contributed by atoms with Gasteiger partial charge < -0.3 is 4.90 Å². The molecule has 0 N–H and O–H groups in total. The first kappa shape index (κ1) is 15.8. The third-order valence-electron chi connectivity index (χ3n) is 3.97. The molecule has 0 aromatic heterocycles. The summed E-state index contributed by atoms with van der Waals surface area (Å²) >= 11 is 0. The average molecular weight is 300 g/mol. The molecule has 1 nitrogen and oxygen atoms in total. The van der Waals surface area contributed by atoms with Crippen molar-refractivity contribution in [2.75, 3.05) is 20.6 Å². The summed E-state index contributed by atoms with van der Waals surface area (Å²) in [5, 5.41) is 0. The van der Waals surface area contributed by atoms with E-state index in [9.17, 15) is 0 Å². The lowest BCUT2D eigenvalue weighted by Gasteiger charge is -2.12. The first-order chi connectivity index (χ1) is 9.75. The molecule has 1 aliphatic rings. The van der Waals surface area contributed by atoms with Crippen LogP contribution in [0.25, 0.3) is 5.57 Å². The van der Waals surface area contributed by atoms with E-state index in [4.69, 9.17) is 0 Å². The van der Waals surface area contributed by atoms with Gasteiger partial charge in [-0.1, -0.05) is 60.2 Å². The lowest BCUT2D eigenvalue weighted by Crippen LogP contribution is -2.13. The lowest BCUT2D eigenvalue weighted by molar-refractivity contribution is 0.412. The number of benzene rings is 2. The van der Waals surface area contributed by atoms with Gasteiger partial charge >= 0.3 is 0 Å². The molecule has 0 radical (unpaired) electrons. The molecular weight excluding hydrogens is 278 g/mol. The molecule has 2 aromatic rings. The van der Waals surface area contributed by atoms with Gasteiger partial charge in [0.1, 0.15) is 0 Å². The normalized spacial score (nSPS) is 13.3. The maximum absolute atomic E-state index is 2.26. The third kappa shape index (κ3) is 3.37. The molecule has 3 rings (SSSR count). The SMILES string of the molecule is CN(C)CCC1=C(c2ccccc2)c2ccccc2C1.Cl.